The maximum atomic E-state index is 13.0. The van der Waals surface area contributed by atoms with E-state index in [4.69, 9.17) is 9.84 Å². The lowest BCUT2D eigenvalue weighted by Crippen LogP contribution is -2.44. The van der Waals surface area contributed by atoms with E-state index in [0.29, 0.717) is 31.0 Å². The van der Waals surface area contributed by atoms with E-state index in [1.807, 2.05) is 5.38 Å². The normalized spacial score (nSPS) is 17.0. The molecule has 0 spiro atoms. The van der Waals surface area contributed by atoms with Crippen LogP contribution in [0.15, 0.2) is 10.3 Å². The van der Waals surface area contributed by atoms with Gasteiger partial charge in [0, 0.05) is 30.7 Å². The molecule has 0 aliphatic carbocycles. The van der Waals surface area contributed by atoms with Crippen molar-refractivity contribution in [3.63, 3.8) is 0 Å². The van der Waals surface area contributed by atoms with Crippen LogP contribution in [0.25, 0.3) is 0 Å². The zero-order valence-corrected chi connectivity index (χ0v) is 14.4. The Kier molecular flexibility index (Phi) is 5.60. The Morgan fingerprint density at radius 1 is 1.41 bits per heavy atom. The van der Waals surface area contributed by atoms with Gasteiger partial charge in [-0.1, -0.05) is 0 Å². The molecular weight excluding hydrogens is 326 g/mol. The van der Waals surface area contributed by atoms with Crippen LogP contribution < -0.4 is 0 Å². The number of rotatable bonds is 6. The molecule has 1 aliphatic rings. The SMILES string of the molecule is Cc1csc(C)c1S(=O)(=O)N(CCC(=O)O)C1CCOCC1. The van der Waals surface area contributed by atoms with Gasteiger partial charge in [0.15, 0.2) is 0 Å². The number of aryl methyl sites for hydroxylation is 2. The average molecular weight is 347 g/mol. The molecule has 8 heteroatoms. The molecule has 1 aromatic heterocycles. The van der Waals surface area contributed by atoms with E-state index in [2.05, 4.69) is 0 Å². The number of nitrogens with zero attached hydrogens (tertiary/aromatic N) is 1. The molecule has 22 heavy (non-hydrogen) atoms. The summed E-state index contributed by atoms with van der Waals surface area (Å²) in [6.45, 7) is 4.56. The summed E-state index contributed by atoms with van der Waals surface area (Å²) in [5, 5.41) is 10.7. The number of thiophene rings is 1. The molecule has 2 rings (SSSR count). The van der Waals surface area contributed by atoms with E-state index >= 15 is 0 Å². The zero-order valence-electron chi connectivity index (χ0n) is 12.7. The minimum Gasteiger partial charge on any atom is -0.481 e. The summed E-state index contributed by atoms with van der Waals surface area (Å²) >= 11 is 1.40. The number of hydrogen-bond acceptors (Lipinski definition) is 5. The third kappa shape index (κ3) is 3.68. The van der Waals surface area contributed by atoms with Gasteiger partial charge in [-0.2, -0.15) is 4.31 Å². The van der Waals surface area contributed by atoms with Crippen molar-refractivity contribution in [2.24, 2.45) is 0 Å². The van der Waals surface area contributed by atoms with Crippen molar-refractivity contribution in [1.82, 2.24) is 4.31 Å². The molecule has 0 atom stereocenters. The molecule has 0 radical (unpaired) electrons. The first-order valence-corrected chi connectivity index (χ1v) is 9.52. The molecular formula is C14H21NO5S2. The topological polar surface area (TPSA) is 83.9 Å². The van der Waals surface area contributed by atoms with Gasteiger partial charge in [0.25, 0.3) is 0 Å². The van der Waals surface area contributed by atoms with Crippen LogP contribution >= 0.6 is 11.3 Å². The smallest absolute Gasteiger partial charge is 0.304 e. The zero-order chi connectivity index (χ0) is 16.3. The van der Waals surface area contributed by atoms with Gasteiger partial charge in [-0.15, -0.1) is 11.3 Å². The maximum Gasteiger partial charge on any atom is 0.304 e. The van der Waals surface area contributed by atoms with E-state index in [1.54, 1.807) is 13.8 Å². The van der Waals surface area contributed by atoms with Crippen molar-refractivity contribution in [3.05, 3.63) is 15.8 Å². The van der Waals surface area contributed by atoms with Crippen molar-refractivity contribution < 1.29 is 23.1 Å². The highest BCUT2D eigenvalue weighted by Gasteiger charge is 2.35. The fraction of sp³-hybridized carbons (Fsp3) is 0.643. The number of carboxylic acid groups (broad SMARTS) is 1. The largest absolute Gasteiger partial charge is 0.481 e. The molecule has 0 amide bonds. The Labute approximate surface area is 134 Å². The van der Waals surface area contributed by atoms with Crippen LogP contribution in [0.1, 0.15) is 29.7 Å². The maximum absolute atomic E-state index is 13.0. The average Bonchev–Trinajstić information content (AvgIpc) is 2.79. The summed E-state index contributed by atoms with van der Waals surface area (Å²) in [6, 6.07) is -0.197. The third-order valence-corrected chi connectivity index (χ3v) is 7.20. The van der Waals surface area contributed by atoms with E-state index in [-0.39, 0.29) is 19.0 Å². The minimum absolute atomic E-state index is 0.00292. The number of sulfonamides is 1. The Morgan fingerprint density at radius 2 is 2.05 bits per heavy atom. The Morgan fingerprint density at radius 3 is 2.55 bits per heavy atom. The van der Waals surface area contributed by atoms with Crippen molar-refractivity contribution in [3.8, 4) is 0 Å². The van der Waals surface area contributed by atoms with Gasteiger partial charge in [0.2, 0.25) is 10.0 Å². The highest BCUT2D eigenvalue weighted by Crippen LogP contribution is 2.31. The second-order valence-electron chi connectivity index (χ2n) is 5.41. The lowest BCUT2D eigenvalue weighted by molar-refractivity contribution is -0.137. The van der Waals surface area contributed by atoms with E-state index in [0.717, 1.165) is 10.4 Å². The minimum atomic E-state index is -3.69. The summed E-state index contributed by atoms with van der Waals surface area (Å²) in [5.41, 5.74) is 0.717. The molecule has 6 nitrogen and oxygen atoms in total. The van der Waals surface area contributed by atoms with Crippen molar-refractivity contribution in [1.29, 1.82) is 0 Å². The monoisotopic (exact) mass is 347 g/mol. The van der Waals surface area contributed by atoms with Crippen LogP contribution in [0.4, 0.5) is 0 Å². The number of carbonyl (C=O) groups is 1. The molecule has 1 aromatic rings. The molecule has 0 aromatic carbocycles. The standard InChI is InChI=1S/C14H21NO5S2/c1-10-9-21-11(2)14(10)22(18,19)15(6-3-13(16)17)12-4-7-20-8-5-12/h9,12H,3-8H2,1-2H3,(H,16,17). The van der Waals surface area contributed by atoms with Crippen LogP contribution in [0.3, 0.4) is 0 Å². The predicted octanol–water partition coefficient (Wildman–Crippen LogP) is 2.01. The van der Waals surface area contributed by atoms with Gasteiger partial charge in [-0.25, -0.2) is 8.42 Å². The van der Waals surface area contributed by atoms with Crippen molar-refractivity contribution in [2.45, 2.75) is 44.0 Å². The van der Waals surface area contributed by atoms with Crippen LogP contribution in [0, 0.1) is 13.8 Å². The van der Waals surface area contributed by atoms with Gasteiger partial charge >= 0.3 is 5.97 Å². The van der Waals surface area contributed by atoms with Gasteiger partial charge in [-0.05, 0) is 37.6 Å². The first kappa shape index (κ1) is 17.4. The molecule has 0 unspecified atom stereocenters. The molecule has 2 heterocycles. The summed E-state index contributed by atoms with van der Waals surface area (Å²) in [5.74, 6) is -0.994. The lowest BCUT2D eigenvalue weighted by Gasteiger charge is -2.33. The van der Waals surface area contributed by atoms with Crippen molar-refractivity contribution in [2.75, 3.05) is 19.8 Å². The Hall–Kier alpha value is -0.960. The van der Waals surface area contributed by atoms with Crippen LogP contribution in [-0.2, 0) is 19.6 Å². The molecule has 1 fully saturated rings. The molecule has 0 bridgehead atoms. The molecule has 1 saturated heterocycles. The van der Waals surface area contributed by atoms with E-state index in [1.165, 1.54) is 15.6 Å². The van der Waals surface area contributed by atoms with Crippen molar-refractivity contribution >= 4 is 27.3 Å². The summed E-state index contributed by atoms with van der Waals surface area (Å²) < 4.78 is 32.7. The number of carboxylic acids is 1. The fourth-order valence-corrected chi connectivity index (χ4v) is 6.01. The first-order chi connectivity index (χ1) is 10.3. The fourth-order valence-electron chi connectivity index (χ4n) is 2.74. The highest BCUT2D eigenvalue weighted by atomic mass is 32.2. The number of hydrogen-bond donors (Lipinski definition) is 1. The first-order valence-electron chi connectivity index (χ1n) is 7.20. The lowest BCUT2D eigenvalue weighted by atomic mass is 10.1. The quantitative estimate of drug-likeness (QED) is 0.851. The van der Waals surface area contributed by atoms with E-state index in [9.17, 15) is 13.2 Å². The summed E-state index contributed by atoms with van der Waals surface area (Å²) in [7, 11) is -3.69. The van der Waals surface area contributed by atoms with Crippen LogP contribution in [0.5, 0.6) is 0 Å². The molecule has 124 valence electrons. The van der Waals surface area contributed by atoms with Gasteiger partial charge in [-0.3, -0.25) is 4.79 Å². The molecule has 1 aliphatic heterocycles. The van der Waals surface area contributed by atoms with Gasteiger partial charge < -0.3 is 9.84 Å². The van der Waals surface area contributed by atoms with Gasteiger partial charge in [0.1, 0.15) is 0 Å². The molecule has 0 saturated carbocycles. The van der Waals surface area contributed by atoms with E-state index < -0.39 is 16.0 Å². The third-order valence-electron chi connectivity index (χ3n) is 3.80. The Balaban J connectivity index is 2.35. The van der Waals surface area contributed by atoms with Crippen LogP contribution in [-0.4, -0.2) is 49.6 Å². The number of ether oxygens (including phenoxy) is 1. The predicted molar refractivity (Wildman–Crippen MR) is 83.8 cm³/mol. The second kappa shape index (κ2) is 7.08. The summed E-state index contributed by atoms with van der Waals surface area (Å²) in [4.78, 5) is 12.0. The second-order valence-corrected chi connectivity index (χ2v) is 8.32. The molecule has 1 N–H and O–H groups in total. The highest BCUT2D eigenvalue weighted by molar-refractivity contribution is 7.89. The van der Waals surface area contributed by atoms with Gasteiger partial charge in [0.05, 0.1) is 11.3 Å². The Bertz CT molecular complexity index is 612. The van der Waals surface area contributed by atoms with Crippen LogP contribution in [0.2, 0.25) is 0 Å². The number of aliphatic carboxylic acids is 1. The summed E-state index contributed by atoms with van der Waals surface area (Å²) in [6.07, 6.45) is 1.00.